The quantitative estimate of drug-likeness (QED) is 0.834. The average Bonchev–Trinajstić information content (AvgIpc) is 2.91. The van der Waals surface area contributed by atoms with Crippen molar-refractivity contribution in [2.75, 3.05) is 44.7 Å². The van der Waals surface area contributed by atoms with Gasteiger partial charge in [-0.15, -0.1) is 0 Å². The maximum Gasteiger partial charge on any atom is 0.234 e. The summed E-state index contributed by atoms with van der Waals surface area (Å²) in [5, 5.41) is 3.25. The van der Waals surface area contributed by atoms with Crippen molar-refractivity contribution in [2.45, 2.75) is 44.6 Å². The second-order valence-electron chi connectivity index (χ2n) is 7.22. The summed E-state index contributed by atoms with van der Waals surface area (Å²) in [6.07, 6.45) is 7.45. The zero-order valence-electron chi connectivity index (χ0n) is 15.4. The van der Waals surface area contributed by atoms with Gasteiger partial charge in [-0.1, -0.05) is 25.7 Å². The Morgan fingerprint density at radius 3 is 2.28 bits per heavy atom. The van der Waals surface area contributed by atoms with Crippen molar-refractivity contribution >= 4 is 11.6 Å². The van der Waals surface area contributed by atoms with Crippen LogP contribution in [0.15, 0.2) is 24.3 Å². The molecule has 0 bridgehead atoms. The number of anilines is 1. The van der Waals surface area contributed by atoms with E-state index in [1.165, 1.54) is 31.4 Å². The highest BCUT2D eigenvalue weighted by Crippen LogP contribution is 2.20. The first-order valence-corrected chi connectivity index (χ1v) is 9.65. The third-order valence-corrected chi connectivity index (χ3v) is 5.40. The Bertz CT molecular complexity index is 530. The van der Waals surface area contributed by atoms with E-state index in [4.69, 9.17) is 4.74 Å². The summed E-state index contributed by atoms with van der Waals surface area (Å²) in [4.78, 5) is 17.0. The predicted molar refractivity (Wildman–Crippen MR) is 101 cm³/mol. The molecule has 1 heterocycles. The molecule has 1 aromatic carbocycles. The summed E-state index contributed by atoms with van der Waals surface area (Å²) in [5.41, 5.74) is 1.23. The molecular weight excluding hydrogens is 314 g/mol. The minimum Gasteiger partial charge on any atom is -0.497 e. The number of rotatable bonds is 5. The fourth-order valence-corrected chi connectivity index (χ4v) is 3.86. The molecule has 1 amide bonds. The number of nitrogens with one attached hydrogen (secondary N) is 1. The third kappa shape index (κ3) is 5.36. The standard InChI is InChI=1S/C20H31N3O2/c1-25-19-10-8-18(9-11-19)23-14-12-22(13-15-23)16-20(24)21-17-6-4-2-3-5-7-17/h8-11,17H,2-7,12-16H2,1H3,(H,21,24). The summed E-state index contributed by atoms with van der Waals surface area (Å²) < 4.78 is 5.22. The fraction of sp³-hybridized carbons (Fsp3) is 0.650. The Morgan fingerprint density at radius 2 is 1.68 bits per heavy atom. The van der Waals surface area contributed by atoms with Crippen LogP contribution >= 0.6 is 0 Å². The van der Waals surface area contributed by atoms with Gasteiger partial charge in [-0.3, -0.25) is 9.69 Å². The van der Waals surface area contributed by atoms with Gasteiger partial charge in [-0.05, 0) is 37.1 Å². The number of carbonyl (C=O) groups is 1. The fourth-order valence-electron chi connectivity index (χ4n) is 3.86. The SMILES string of the molecule is COc1ccc(N2CCN(CC(=O)NC3CCCCCC3)CC2)cc1. The van der Waals surface area contributed by atoms with E-state index in [2.05, 4.69) is 27.2 Å². The lowest BCUT2D eigenvalue weighted by Gasteiger charge is -2.36. The molecule has 5 heteroatoms. The molecular formula is C20H31N3O2. The van der Waals surface area contributed by atoms with Gasteiger partial charge in [0.2, 0.25) is 5.91 Å². The van der Waals surface area contributed by atoms with Crippen LogP contribution in [0.4, 0.5) is 5.69 Å². The molecule has 2 fully saturated rings. The summed E-state index contributed by atoms with van der Waals surface area (Å²) in [6.45, 7) is 4.33. The number of methoxy groups -OCH3 is 1. The second kappa shape index (κ2) is 9.09. The maximum atomic E-state index is 12.3. The zero-order chi connectivity index (χ0) is 17.5. The molecule has 5 nitrogen and oxygen atoms in total. The van der Waals surface area contributed by atoms with E-state index < -0.39 is 0 Å². The molecule has 1 aliphatic carbocycles. The Hall–Kier alpha value is -1.75. The van der Waals surface area contributed by atoms with E-state index in [1.54, 1.807) is 7.11 Å². The minimum absolute atomic E-state index is 0.199. The Labute approximate surface area is 151 Å². The van der Waals surface area contributed by atoms with Crippen molar-refractivity contribution in [3.05, 3.63) is 24.3 Å². The van der Waals surface area contributed by atoms with E-state index in [9.17, 15) is 4.79 Å². The van der Waals surface area contributed by atoms with E-state index >= 15 is 0 Å². The number of ether oxygens (including phenoxy) is 1. The van der Waals surface area contributed by atoms with Crippen LogP contribution < -0.4 is 15.0 Å². The van der Waals surface area contributed by atoms with Crippen molar-refractivity contribution in [3.8, 4) is 5.75 Å². The largest absolute Gasteiger partial charge is 0.497 e. The van der Waals surface area contributed by atoms with Gasteiger partial charge in [0.15, 0.2) is 0 Å². The number of carbonyl (C=O) groups excluding carboxylic acids is 1. The van der Waals surface area contributed by atoms with Crippen molar-refractivity contribution in [3.63, 3.8) is 0 Å². The molecule has 1 saturated heterocycles. The monoisotopic (exact) mass is 345 g/mol. The summed E-state index contributed by atoms with van der Waals surface area (Å²) in [6, 6.07) is 8.61. The van der Waals surface area contributed by atoms with Gasteiger partial charge < -0.3 is 15.0 Å². The molecule has 0 unspecified atom stereocenters. The number of piperazine rings is 1. The van der Waals surface area contributed by atoms with Gasteiger partial charge in [0.1, 0.15) is 5.75 Å². The molecule has 1 N–H and O–H groups in total. The molecule has 2 aliphatic rings. The van der Waals surface area contributed by atoms with Crippen molar-refractivity contribution in [2.24, 2.45) is 0 Å². The number of hydrogen-bond acceptors (Lipinski definition) is 4. The third-order valence-electron chi connectivity index (χ3n) is 5.40. The van der Waals surface area contributed by atoms with E-state index in [0.717, 1.165) is 44.8 Å². The number of nitrogens with zero attached hydrogens (tertiary/aromatic N) is 2. The first-order valence-electron chi connectivity index (χ1n) is 9.65. The molecule has 138 valence electrons. The highest BCUT2D eigenvalue weighted by molar-refractivity contribution is 5.78. The number of amides is 1. The highest BCUT2D eigenvalue weighted by atomic mass is 16.5. The first-order chi connectivity index (χ1) is 12.2. The number of hydrogen-bond donors (Lipinski definition) is 1. The molecule has 0 radical (unpaired) electrons. The van der Waals surface area contributed by atoms with Crippen LogP contribution in [0.3, 0.4) is 0 Å². The smallest absolute Gasteiger partial charge is 0.234 e. The number of benzene rings is 1. The van der Waals surface area contributed by atoms with Crippen LogP contribution in [-0.2, 0) is 4.79 Å². The van der Waals surface area contributed by atoms with Gasteiger partial charge in [0.25, 0.3) is 0 Å². The van der Waals surface area contributed by atoms with E-state index in [-0.39, 0.29) is 5.91 Å². The normalized spacial score (nSPS) is 20.1. The van der Waals surface area contributed by atoms with Crippen LogP contribution in [0.5, 0.6) is 5.75 Å². The molecule has 0 aromatic heterocycles. The Kier molecular flexibility index (Phi) is 6.56. The average molecular weight is 345 g/mol. The summed E-state index contributed by atoms with van der Waals surface area (Å²) in [5.74, 6) is 1.09. The van der Waals surface area contributed by atoms with Gasteiger partial charge in [0, 0.05) is 37.9 Å². The maximum absolute atomic E-state index is 12.3. The van der Waals surface area contributed by atoms with Gasteiger partial charge in [0.05, 0.1) is 13.7 Å². The first kappa shape index (κ1) is 18.1. The van der Waals surface area contributed by atoms with Crippen LogP contribution in [-0.4, -0.2) is 56.7 Å². The van der Waals surface area contributed by atoms with Crippen molar-refractivity contribution in [1.29, 1.82) is 0 Å². The molecule has 1 aliphatic heterocycles. The van der Waals surface area contributed by atoms with Crippen LogP contribution in [0.2, 0.25) is 0 Å². The summed E-state index contributed by atoms with van der Waals surface area (Å²) >= 11 is 0. The molecule has 1 saturated carbocycles. The van der Waals surface area contributed by atoms with E-state index in [1.807, 2.05) is 12.1 Å². The minimum atomic E-state index is 0.199. The topological polar surface area (TPSA) is 44.8 Å². The predicted octanol–water partition coefficient (Wildman–Crippen LogP) is 2.66. The lowest BCUT2D eigenvalue weighted by molar-refractivity contribution is -0.123. The molecule has 1 aromatic rings. The lowest BCUT2D eigenvalue weighted by atomic mass is 10.1. The van der Waals surface area contributed by atoms with Crippen molar-refractivity contribution < 1.29 is 9.53 Å². The van der Waals surface area contributed by atoms with Gasteiger partial charge in [-0.2, -0.15) is 0 Å². The second-order valence-corrected chi connectivity index (χ2v) is 7.22. The van der Waals surface area contributed by atoms with E-state index in [0.29, 0.717) is 12.6 Å². The zero-order valence-corrected chi connectivity index (χ0v) is 15.4. The molecule has 25 heavy (non-hydrogen) atoms. The molecule has 0 spiro atoms. The van der Waals surface area contributed by atoms with Crippen LogP contribution in [0.1, 0.15) is 38.5 Å². The van der Waals surface area contributed by atoms with Gasteiger partial charge in [-0.25, -0.2) is 0 Å². The summed E-state index contributed by atoms with van der Waals surface area (Å²) in [7, 11) is 1.69. The highest BCUT2D eigenvalue weighted by Gasteiger charge is 2.21. The Morgan fingerprint density at radius 1 is 1.04 bits per heavy atom. The molecule has 3 rings (SSSR count). The lowest BCUT2D eigenvalue weighted by Crippen LogP contribution is -2.50. The van der Waals surface area contributed by atoms with Crippen molar-refractivity contribution in [1.82, 2.24) is 10.2 Å². The van der Waals surface area contributed by atoms with Crippen LogP contribution in [0, 0.1) is 0 Å². The van der Waals surface area contributed by atoms with Gasteiger partial charge >= 0.3 is 0 Å². The van der Waals surface area contributed by atoms with Crippen LogP contribution in [0.25, 0.3) is 0 Å². The Balaban J connectivity index is 1.41. The molecule has 0 atom stereocenters.